The molecule has 0 bridgehead atoms. The van der Waals surface area contributed by atoms with Gasteiger partial charge in [-0.1, -0.05) is 17.7 Å². The molecule has 2 atom stereocenters. The van der Waals surface area contributed by atoms with Crippen molar-refractivity contribution in [2.45, 2.75) is 19.5 Å². The van der Waals surface area contributed by atoms with E-state index in [0.29, 0.717) is 28.6 Å². The average molecular weight is 392 g/mol. The summed E-state index contributed by atoms with van der Waals surface area (Å²) in [6.45, 7) is 2.24. The Labute approximate surface area is 159 Å². The van der Waals surface area contributed by atoms with Crippen LogP contribution in [0.1, 0.15) is 24.4 Å². The lowest BCUT2D eigenvalue weighted by atomic mass is 10.1. The van der Waals surface area contributed by atoms with Crippen molar-refractivity contribution < 1.29 is 18.6 Å². The first-order valence-corrected chi connectivity index (χ1v) is 8.58. The van der Waals surface area contributed by atoms with Crippen LogP contribution < -0.4 is 4.90 Å². The maximum absolute atomic E-state index is 14.0. The van der Waals surface area contributed by atoms with Crippen LogP contribution in [0.5, 0.6) is 0 Å². The Hall–Kier alpha value is -2.84. The molecule has 3 aromatic rings. The number of halogens is 2. The first kappa shape index (κ1) is 18.9. The van der Waals surface area contributed by atoms with E-state index >= 15 is 0 Å². The zero-order valence-corrected chi connectivity index (χ0v) is 15.4. The summed E-state index contributed by atoms with van der Waals surface area (Å²) < 4.78 is 19.7. The van der Waals surface area contributed by atoms with Crippen molar-refractivity contribution in [3.05, 3.63) is 74.9 Å². The summed E-state index contributed by atoms with van der Waals surface area (Å²) in [7, 11) is 1.88. The van der Waals surface area contributed by atoms with Gasteiger partial charge in [-0.05, 0) is 31.2 Å². The summed E-state index contributed by atoms with van der Waals surface area (Å²) in [4.78, 5) is 11.2. The van der Waals surface area contributed by atoms with E-state index in [1.165, 1.54) is 18.2 Å². The first-order chi connectivity index (χ1) is 12.9. The van der Waals surface area contributed by atoms with Gasteiger partial charge in [0.15, 0.2) is 6.04 Å². The highest BCUT2D eigenvalue weighted by Gasteiger charge is 2.24. The highest BCUT2D eigenvalue weighted by atomic mass is 35.5. The van der Waals surface area contributed by atoms with E-state index in [1.54, 1.807) is 24.3 Å². The molecule has 9 heteroatoms. The number of non-ortho nitro benzene ring substituents is 1. The van der Waals surface area contributed by atoms with Gasteiger partial charge in [0.2, 0.25) is 5.89 Å². The predicted octanol–water partition coefficient (Wildman–Crippen LogP) is 3.21. The van der Waals surface area contributed by atoms with Gasteiger partial charge in [-0.3, -0.25) is 10.1 Å². The normalized spacial score (nSPS) is 13.3. The van der Waals surface area contributed by atoms with E-state index in [0.717, 1.165) is 4.90 Å². The van der Waals surface area contributed by atoms with Crippen LogP contribution in [0.15, 0.2) is 46.9 Å². The Kier molecular flexibility index (Phi) is 5.48. The summed E-state index contributed by atoms with van der Waals surface area (Å²) >= 11 is 6.09. The van der Waals surface area contributed by atoms with Gasteiger partial charge in [-0.15, -0.1) is 10.2 Å². The number of nitro groups is 1. The molecule has 7 nitrogen and oxygen atoms in total. The van der Waals surface area contributed by atoms with Gasteiger partial charge in [0.1, 0.15) is 12.4 Å². The topological polar surface area (TPSA) is 86.5 Å². The number of aromatic nitrogens is 2. The zero-order chi connectivity index (χ0) is 19.6. The fraction of sp³-hybridized carbons (Fsp3) is 0.222. The molecular formula is C18H17ClFN4O3+. The van der Waals surface area contributed by atoms with Crippen molar-refractivity contribution >= 4 is 17.3 Å². The number of nitrogens with one attached hydrogen (secondary N) is 1. The van der Waals surface area contributed by atoms with E-state index in [2.05, 4.69) is 10.2 Å². The van der Waals surface area contributed by atoms with Crippen LogP contribution in [-0.4, -0.2) is 22.2 Å². The number of rotatable bonds is 6. The van der Waals surface area contributed by atoms with Crippen molar-refractivity contribution in [3.8, 4) is 11.5 Å². The predicted molar refractivity (Wildman–Crippen MR) is 96.8 cm³/mol. The van der Waals surface area contributed by atoms with E-state index in [-0.39, 0.29) is 23.4 Å². The molecular weight excluding hydrogens is 375 g/mol. The van der Waals surface area contributed by atoms with Gasteiger partial charge in [-0.2, -0.15) is 0 Å². The van der Waals surface area contributed by atoms with Gasteiger partial charge >= 0.3 is 0 Å². The molecule has 0 fully saturated rings. The van der Waals surface area contributed by atoms with E-state index < -0.39 is 4.92 Å². The second kappa shape index (κ2) is 7.81. The lowest BCUT2D eigenvalue weighted by Gasteiger charge is -2.19. The Morgan fingerprint density at radius 1 is 1.26 bits per heavy atom. The highest BCUT2D eigenvalue weighted by molar-refractivity contribution is 6.31. The van der Waals surface area contributed by atoms with Crippen molar-refractivity contribution in [3.63, 3.8) is 0 Å². The van der Waals surface area contributed by atoms with Crippen molar-refractivity contribution in [1.82, 2.24) is 10.2 Å². The Balaban J connectivity index is 1.76. The SMILES string of the molecule is C[C@@H](c1nnc(-c2ccc([N+](=O)[O-])cc2)o1)[NH+](C)Cc1c(F)cccc1Cl. The van der Waals surface area contributed by atoms with Crippen molar-refractivity contribution in [2.24, 2.45) is 0 Å². The smallest absolute Gasteiger partial charge is 0.274 e. The van der Waals surface area contributed by atoms with E-state index in [4.69, 9.17) is 16.0 Å². The molecule has 0 radical (unpaired) electrons. The summed E-state index contributed by atoms with van der Waals surface area (Å²) in [5, 5.41) is 19.2. The molecule has 1 unspecified atom stereocenters. The van der Waals surface area contributed by atoms with Crippen LogP contribution >= 0.6 is 11.6 Å². The molecule has 0 saturated heterocycles. The molecule has 140 valence electrons. The van der Waals surface area contributed by atoms with Crippen LogP contribution in [0.2, 0.25) is 5.02 Å². The van der Waals surface area contributed by atoms with Crippen molar-refractivity contribution in [2.75, 3.05) is 7.05 Å². The van der Waals surface area contributed by atoms with Gasteiger partial charge in [-0.25, -0.2) is 4.39 Å². The third-order valence-corrected chi connectivity index (χ3v) is 4.75. The van der Waals surface area contributed by atoms with Crippen LogP contribution in [0.4, 0.5) is 10.1 Å². The average Bonchev–Trinajstić information content (AvgIpc) is 3.14. The number of benzene rings is 2. The Morgan fingerprint density at radius 3 is 2.59 bits per heavy atom. The minimum absolute atomic E-state index is 0.0159. The fourth-order valence-electron chi connectivity index (χ4n) is 2.60. The lowest BCUT2D eigenvalue weighted by Crippen LogP contribution is -3.07. The third kappa shape index (κ3) is 4.12. The van der Waals surface area contributed by atoms with E-state index in [9.17, 15) is 14.5 Å². The molecule has 1 N–H and O–H groups in total. The highest BCUT2D eigenvalue weighted by Crippen LogP contribution is 2.23. The lowest BCUT2D eigenvalue weighted by molar-refractivity contribution is -0.925. The Bertz CT molecular complexity index is 941. The maximum atomic E-state index is 14.0. The van der Waals surface area contributed by atoms with Gasteiger partial charge < -0.3 is 9.32 Å². The molecule has 0 aliphatic rings. The molecule has 0 spiro atoms. The summed E-state index contributed by atoms with van der Waals surface area (Å²) in [6, 6.07) is 10.2. The summed E-state index contributed by atoms with van der Waals surface area (Å²) in [6.07, 6.45) is 0. The zero-order valence-electron chi connectivity index (χ0n) is 14.6. The quantitative estimate of drug-likeness (QED) is 0.515. The van der Waals surface area contributed by atoms with Gasteiger partial charge in [0, 0.05) is 17.7 Å². The van der Waals surface area contributed by atoms with Gasteiger partial charge in [0.05, 0.1) is 22.6 Å². The van der Waals surface area contributed by atoms with Crippen LogP contribution in [0, 0.1) is 15.9 Å². The minimum Gasteiger partial charge on any atom is -0.415 e. The fourth-order valence-corrected chi connectivity index (χ4v) is 2.83. The molecule has 2 aromatic carbocycles. The molecule has 0 saturated carbocycles. The number of hydrogen-bond donors (Lipinski definition) is 1. The van der Waals surface area contributed by atoms with Gasteiger partial charge in [0.25, 0.3) is 11.6 Å². The molecule has 27 heavy (non-hydrogen) atoms. The molecule has 0 amide bonds. The monoisotopic (exact) mass is 391 g/mol. The second-order valence-corrected chi connectivity index (χ2v) is 6.60. The van der Waals surface area contributed by atoms with E-state index in [1.807, 2.05) is 14.0 Å². The maximum Gasteiger partial charge on any atom is 0.274 e. The third-order valence-electron chi connectivity index (χ3n) is 4.39. The molecule has 1 aromatic heterocycles. The molecule has 3 rings (SSSR count). The number of hydrogen-bond acceptors (Lipinski definition) is 5. The van der Waals surface area contributed by atoms with Crippen LogP contribution in [-0.2, 0) is 6.54 Å². The second-order valence-electron chi connectivity index (χ2n) is 6.19. The largest absolute Gasteiger partial charge is 0.415 e. The Morgan fingerprint density at radius 2 is 1.96 bits per heavy atom. The first-order valence-electron chi connectivity index (χ1n) is 8.20. The van der Waals surface area contributed by atoms with Crippen LogP contribution in [0.3, 0.4) is 0 Å². The minimum atomic E-state index is -0.475. The summed E-state index contributed by atoms with van der Waals surface area (Å²) in [5.74, 6) is 0.294. The van der Waals surface area contributed by atoms with Crippen molar-refractivity contribution in [1.29, 1.82) is 0 Å². The van der Waals surface area contributed by atoms with Crippen LogP contribution in [0.25, 0.3) is 11.5 Å². The molecule has 0 aliphatic carbocycles. The molecule has 0 aliphatic heterocycles. The standard InChI is InChI=1S/C18H16ClFN4O3/c1-11(23(2)10-14-15(19)4-3-5-16(14)20)17-21-22-18(27-17)12-6-8-13(9-7-12)24(25)26/h3-9,11H,10H2,1-2H3/p+1/t11-/m0/s1. The summed E-state index contributed by atoms with van der Waals surface area (Å²) in [5.41, 5.74) is 0.998. The number of nitro benzene ring substituents is 1. The molecule has 1 heterocycles. The number of nitrogens with zero attached hydrogens (tertiary/aromatic N) is 3. The number of quaternary nitrogens is 1.